The molecule has 134 valence electrons. The van der Waals surface area contributed by atoms with Gasteiger partial charge >= 0.3 is 18.8 Å². The third-order valence-corrected chi connectivity index (χ3v) is 3.72. The van der Waals surface area contributed by atoms with Crippen LogP contribution in [0.2, 0.25) is 0 Å². The topological polar surface area (TPSA) is 63.2 Å². The minimum absolute atomic E-state index is 0.150. The van der Waals surface area contributed by atoms with Crippen molar-refractivity contribution in [3.05, 3.63) is 23.9 Å². The second kappa shape index (κ2) is 7.63. The van der Waals surface area contributed by atoms with Crippen molar-refractivity contribution in [1.29, 1.82) is 0 Å². The highest BCUT2D eigenvalue weighted by atomic mass is 19.4. The molecule has 10 heteroatoms. The van der Waals surface area contributed by atoms with Gasteiger partial charge in [0.05, 0.1) is 0 Å². The average molecular weight is 353 g/mol. The van der Waals surface area contributed by atoms with Gasteiger partial charge in [0.2, 0.25) is 5.88 Å². The minimum Gasteiger partial charge on any atom is -0.417 e. The Labute approximate surface area is 134 Å². The molecule has 0 aliphatic heterocycles. The van der Waals surface area contributed by atoms with Gasteiger partial charge in [0.1, 0.15) is 6.04 Å². The summed E-state index contributed by atoms with van der Waals surface area (Å²) in [5.41, 5.74) is 0.364. The van der Waals surface area contributed by atoms with Crippen LogP contribution in [0, 0.1) is 5.92 Å². The molecule has 2 rings (SSSR count). The van der Waals surface area contributed by atoms with E-state index in [0.717, 1.165) is 0 Å². The Kier molecular flexibility index (Phi) is 5.79. The molecule has 1 saturated carbocycles. The number of nitrogens with zero attached hydrogens (tertiary/aromatic N) is 1. The van der Waals surface area contributed by atoms with Gasteiger partial charge in [-0.2, -0.15) is 22.0 Å². The van der Waals surface area contributed by atoms with E-state index < -0.39 is 30.8 Å². The summed E-state index contributed by atoms with van der Waals surface area (Å²) < 4.78 is 67.1. The summed E-state index contributed by atoms with van der Waals surface area (Å²) in [6.45, 7) is -3.19. The molecule has 2 amide bonds. The molecule has 1 aliphatic carbocycles. The first-order valence-electron chi connectivity index (χ1n) is 7.26. The minimum atomic E-state index is -4.52. The highest BCUT2D eigenvalue weighted by molar-refractivity contribution is 5.74. The standard InChI is InChI=1S/C14H16F5N3O2/c15-12(16)24-10-6-8(4-5-20-10)7-21-13(23)22-11(14(17,18)19)9-2-1-3-9/h4-6,9,11-12H,1-3,7H2,(H2,21,22,23). The molecule has 1 aromatic rings. The lowest BCUT2D eigenvalue weighted by Gasteiger charge is -2.35. The van der Waals surface area contributed by atoms with Crippen LogP contribution >= 0.6 is 0 Å². The van der Waals surface area contributed by atoms with Gasteiger partial charge < -0.3 is 15.4 Å². The predicted octanol–water partition coefficient (Wildman–Crippen LogP) is 3.21. The molecule has 1 unspecified atom stereocenters. The molecule has 0 radical (unpaired) electrons. The Hall–Kier alpha value is -2.13. The molecule has 0 aromatic carbocycles. The van der Waals surface area contributed by atoms with E-state index in [4.69, 9.17) is 0 Å². The number of nitrogens with one attached hydrogen (secondary N) is 2. The van der Waals surface area contributed by atoms with Crippen LogP contribution in [0.5, 0.6) is 5.88 Å². The van der Waals surface area contributed by atoms with Gasteiger partial charge in [0.25, 0.3) is 0 Å². The lowest BCUT2D eigenvalue weighted by Crippen LogP contribution is -2.54. The van der Waals surface area contributed by atoms with Crippen molar-refractivity contribution < 1.29 is 31.5 Å². The smallest absolute Gasteiger partial charge is 0.408 e. The van der Waals surface area contributed by atoms with Gasteiger partial charge in [-0.1, -0.05) is 6.42 Å². The first-order valence-corrected chi connectivity index (χ1v) is 7.26. The molecule has 0 saturated heterocycles. The molecule has 24 heavy (non-hydrogen) atoms. The number of pyridine rings is 1. The predicted molar refractivity (Wildman–Crippen MR) is 73.4 cm³/mol. The second-order valence-electron chi connectivity index (χ2n) is 5.42. The fraction of sp³-hybridized carbons (Fsp3) is 0.571. The summed E-state index contributed by atoms with van der Waals surface area (Å²) in [5, 5.41) is 4.20. The zero-order valence-electron chi connectivity index (χ0n) is 12.4. The lowest BCUT2D eigenvalue weighted by atomic mass is 9.79. The molecular formula is C14H16F5N3O2. The Morgan fingerprint density at radius 2 is 2.08 bits per heavy atom. The van der Waals surface area contributed by atoms with E-state index in [1.807, 2.05) is 5.32 Å². The van der Waals surface area contributed by atoms with E-state index >= 15 is 0 Å². The van der Waals surface area contributed by atoms with Crippen LogP contribution < -0.4 is 15.4 Å². The quantitative estimate of drug-likeness (QED) is 0.772. The van der Waals surface area contributed by atoms with Crippen LogP contribution in [0.4, 0.5) is 26.7 Å². The van der Waals surface area contributed by atoms with Gasteiger partial charge in [-0.3, -0.25) is 0 Å². The number of rotatable bonds is 6. The molecular weight excluding hydrogens is 337 g/mol. The molecule has 2 N–H and O–H groups in total. The first-order chi connectivity index (χ1) is 11.3. The third-order valence-electron chi connectivity index (χ3n) is 3.72. The largest absolute Gasteiger partial charge is 0.417 e. The second-order valence-corrected chi connectivity index (χ2v) is 5.42. The summed E-state index contributed by atoms with van der Waals surface area (Å²) in [6.07, 6.45) is -1.77. The van der Waals surface area contributed by atoms with E-state index in [2.05, 4.69) is 15.0 Å². The number of halogens is 5. The Morgan fingerprint density at radius 3 is 2.62 bits per heavy atom. The third kappa shape index (κ3) is 5.20. The summed E-state index contributed by atoms with van der Waals surface area (Å²) in [7, 11) is 0. The number of ether oxygens (including phenoxy) is 1. The van der Waals surface area contributed by atoms with E-state index in [-0.39, 0.29) is 12.4 Å². The summed E-state index contributed by atoms with van der Waals surface area (Å²) in [4.78, 5) is 15.2. The van der Waals surface area contributed by atoms with Crippen LogP contribution in [0.3, 0.4) is 0 Å². The van der Waals surface area contributed by atoms with Crippen LogP contribution in [0.1, 0.15) is 24.8 Å². The monoisotopic (exact) mass is 353 g/mol. The van der Waals surface area contributed by atoms with Crippen LogP contribution in [0.15, 0.2) is 18.3 Å². The molecule has 0 spiro atoms. The first kappa shape index (κ1) is 18.2. The normalized spacial score (nSPS) is 16.4. The number of alkyl halides is 5. The highest BCUT2D eigenvalue weighted by Gasteiger charge is 2.47. The molecule has 1 aliphatic rings. The maximum atomic E-state index is 13.0. The van der Waals surface area contributed by atoms with Crippen molar-refractivity contribution in [2.45, 2.75) is 44.6 Å². The van der Waals surface area contributed by atoms with E-state index in [1.54, 1.807) is 0 Å². The maximum Gasteiger partial charge on any atom is 0.408 e. The number of hydrogen-bond donors (Lipinski definition) is 2. The van der Waals surface area contributed by atoms with E-state index in [9.17, 15) is 26.7 Å². The van der Waals surface area contributed by atoms with Crippen molar-refractivity contribution in [3.8, 4) is 5.88 Å². The number of hydrogen-bond acceptors (Lipinski definition) is 3. The molecule has 1 aromatic heterocycles. The van der Waals surface area contributed by atoms with E-state index in [1.165, 1.54) is 18.3 Å². The van der Waals surface area contributed by atoms with Crippen LogP contribution in [0.25, 0.3) is 0 Å². The number of amides is 2. The number of carbonyl (C=O) groups excluding carboxylic acids is 1. The van der Waals surface area contributed by atoms with Gasteiger partial charge in [-0.05, 0) is 30.4 Å². The average Bonchev–Trinajstić information content (AvgIpc) is 2.41. The fourth-order valence-electron chi connectivity index (χ4n) is 2.33. The van der Waals surface area contributed by atoms with Crippen molar-refractivity contribution in [2.24, 2.45) is 5.92 Å². The van der Waals surface area contributed by atoms with Crippen molar-refractivity contribution in [1.82, 2.24) is 15.6 Å². The molecule has 1 fully saturated rings. The maximum absolute atomic E-state index is 13.0. The number of carbonyl (C=O) groups is 1. The summed E-state index contributed by atoms with van der Waals surface area (Å²) in [5.74, 6) is -0.949. The lowest BCUT2D eigenvalue weighted by molar-refractivity contribution is -0.171. The van der Waals surface area contributed by atoms with Crippen molar-refractivity contribution in [3.63, 3.8) is 0 Å². The zero-order chi connectivity index (χ0) is 17.7. The van der Waals surface area contributed by atoms with Gasteiger partial charge in [0, 0.05) is 18.8 Å². The molecule has 5 nitrogen and oxygen atoms in total. The van der Waals surface area contributed by atoms with Gasteiger partial charge in [-0.15, -0.1) is 0 Å². The van der Waals surface area contributed by atoms with Crippen molar-refractivity contribution >= 4 is 6.03 Å². The SMILES string of the molecule is O=C(NCc1ccnc(OC(F)F)c1)NC(C1CCC1)C(F)(F)F. The molecule has 1 heterocycles. The number of urea groups is 1. The number of aromatic nitrogens is 1. The van der Waals surface area contributed by atoms with Crippen molar-refractivity contribution in [2.75, 3.05) is 0 Å². The molecule has 1 atom stereocenters. The Bertz CT molecular complexity index is 564. The Balaban J connectivity index is 1.88. The highest BCUT2D eigenvalue weighted by Crippen LogP contribution is 2.37. The van der Waals surface area contributed by atoms with Gasteiger partial charge in [-0.25, -0.2) is 9.78 Å². The fourth-order valence-corrected chi connectivity index (χ4v) is 2.33. The van der Waals surface area contributed by atoms with Crippen LogP contribution in [-0.2, 0) is 6.54 Å². The summed E-state index contributed by atoms with van der Waals surface area (Å²) >= 11 is 0. The molecule has 0 bridgehead atoms. The Morgan fingerprint density at radius 1 is 1.38 bits per heavy atom. The van der Waals surface area contributed by atoms with Crippen LogP contribution in [-0.4, -0.2) is 29.8 Å². The summed E-state index contributed by atoms with van der Waals surface area (Å²) in [6, 6.07) is -0.274. The van der Waals surface area contributed by atoms with E-state index in [0.29, 0.717) is 24.8 Å². The van der Waals surface area contributed by atoms with Gasteiger partial charge in [0.15, 0.2) is 0 Å². The zero-order valence-corrected chi connectivity index (χ0v) is 12.4.